The summed E-state index contributed by atoms with van der Waals surface area (Å²) in [6.45, 7) is 5.27. The second kappa shape index (κ2) is 9.64. The first-order valence-electron chi connectivity index (χ1n) is 8.85. The number of nitrogen functional groups attached to an aromatic ring is 1. The van der Waals surface area contributed by atoms with Crippen molar-refractivity contribution in [3.63, 3.8) is 0 Å². The molecule has 1 amide bonds. The molecular weight excluding hydrogens is 348 g/mol. The first kappa shape index (κ1) is 18.8. The molecule has 3 rings (SSSR count). The zero-order valence-corrected chi connectivity index (χ0v) is 15.0. The van der Waals surface area contributed by atoms with Gasteiger partial charge < -0.3 is 15.8 Å². The Morgan fingerprint density at radius 1 is 1.26 bits per heavy atom. The van der Waals surface area contributed by atoms with Crippen molar-refractivity contribution in [2.75, 3.05) is 55.9 Å². The molecule has 0 unspecified atom stereocenters. The minimum absolute atomic E-state index is 0.331. The Morgan fingerprint density at radius 3 is 2.85 bits per heavy atom. The van der Waals surface area contributed by atoms with Crippen LogP contribution in [0.1, 0.15) is 16.8 Å². The van der Waals surface area contributed by atoms with E-state index in [0.717, 1.165) is 45.8 Å². The van der Waals surface area contributed by atoms with Crippen LogP contribution in [0.15, 0.2) is 30.9 Å². The third-order valence-electron chi connectivity index (χ3n) is 4.15. The van der Waals surface area contributed by atoms with Crippen molar-refractivity contribution in [2.24, 2.45) is 0 Å². The Balaban J connectivity index is 1.47. The Labute approximate surface area is 157 Å². The lowest BCUT2D eigenvalue weighted by Gasteiger charge is -2.26. The lowest BCUT2D eigenvalue weighted by atomic mass is 10.3. The summed E-state index contributed by atoms with van der Waals surface area (Å²) in [6, 6.07) is 3.35. The van der Waals surface area contributed by atoms with E-state index in [4.69, 9.17) is 10.5 Å². The SMILES string of the molecule is Nc1c(NCCCN2CCOCC2)ncnc1NNC(=O)c1cccnc1. The first-order valence-corrected chi connectivity index (χ1v) is 8.85. The summed E-state index contributed by atoms with van der Waals surface area (Å²) in [7, 11) is 0. The summed E-state index contributed by atoms with van der Waals surface area (Å²) in [4.78, 5) is 26.6. The molecular formula is C17H24N8O2. The predicted molar refractivity (Wildman–Crippen MR) is 102 cm³/mol. The number of aromatic nitrogens is 3. The van der Waals surface area contributed by atoms with Gasteiger partial charge in [-0.1, -0.05) is 0 Å². The molecule has 27 heavy (non-hydrogen) atoms. The number of hydrazine groups is 1. The van der Waals surface area contributed by atoms with Crippen molar-refractivity contribution in [2.45, 2.75) is 6.42 Å². The average molecular weight is 372 g/mol. The number of carbonyl (C=O) groups excluding carboxylic acids is 1. The second-order valence-electron chi connectivity index (χ2n) is 6.04. The Morgan fingerprint density at radius 2 is 2.07 bits per heavy atom. The highest BCUT2D eigenvalue weighted by atomic mass is 16.5. The van der Waals surface area contributed by atoms with E-state index in [0.29, 0.717) is 22.9 Å². The van der Waals surface area contributed by atoms with E-state index in [1.165, 1.54) is 12.5 Å². The fourth-order valence-electron chi connectivity index (χ4n) is 2.66. The number of nitrogens with two attached hydrogens (primary N) is 1. The molecule has 1 saturated heterocycles. The lowest BCUT2D eigenvalue weighted by molar-refractivity contribution is 0.0378. The second-order valence-corrected chi connectivity index (χ2v) is 6.04. The topological polar surface area (TPSA) is 130 Å². The van der Waals surface area contributed by atoms with Gasteiger partial charge in [0.25, 0.3) is 5.91 Å². The molecule has 0 saturated carbocycles. The van der Waals surface area contributed by atoms with Crippen LogP contribution in [0.4, 0.5) is 17.3 Å². The molecule has 2 aromatic heterocycles. The number of anilines is 3. The maximum atomic E-state index is 12.0. The fourth-order valence-corrected chi connectivity index (χ4v) is 2.66. The largest absolute Gasteiger partial charge is 0.393 e. The van der Waals surface area contributed by atoms with Crippen LogP contribution in [0.2, 0.25) is 0 Å². The maximum Gasteiger partial charge on any atom is 0.271 e. The smallest absolute Gasteiger partial charge is 0.271 e. The van der Waals surface area contributed by atoms with Gasteiger partial charge in [-0.05, 0) is 25.1 Å². The zero-order chi connectivity index (χ0) is 18.9. The molecule has 1 aliphatic rings. The number of ether oxygens (including phenoxy) is 1. The molecule has 5 N–H and O–H groups in total. The molecule has 10 heteroatoms. The van der Waals surface area contributed by atoms with Gasteiger partial charge in [-0.25, -0.2) is 9.97 Å². The Kier molecular flexibility index (Phi) is 6.72. The highest BCUT2D eigenvalue weighted by Gasteiger charge is 2.11. The summed E-state index contributed by atoms with van der Waals surface area (Å²) in [5.41, 5.74) is 12.1. The summed E-state index contributed by atoms with van der Waals surface area (Å²) >= 11 is 0. The number of nitrogens with one attached hydrogen (secondary N) is 3. The molecule has 0 atom stereocenters. The number of carbonyl (C=O) groups is 1. The van der Waals surface area contributed by atoms with E-state index in [2.05, 4.69) is 36.0 Å². The lowest BCUT2D eigenvalue weighted by Crippen LogP contribution is -2.37. The van der Waals surface area contributed by atoms with Crippen LogP contribution in [0, 0.1) is 0 Å². The number of hydrogen-bond donors (Lipinski definition) is 4. The van der Waals surface area contributed by atoms with Crippen LogP contribution in [-0.4, -0.2) is 65.2 Å². The van der Waals surface area contributed by atoms with E-state index in [9.17, 15) is 4.79 Å². The van der Waals surface area contributed by atoms with Gasteiger partial charge in [-0.2, -0.15) is 0 Å². The highest BCUT2D eigenvalue weighted by Crippen LogP contribution is 2.21. The molecule has 0 aliphatic carbocycles. The normalized spacial score (nSPS) is 14.5. The first-order chi connectivity index (χ1) is 13.2. The minimum atomic E-state index is -0.332. The van der Waals surface area contributed by atoms with E-state index in [-0.39, 0.29) is 5.91 Å². The quantitative estimate of drug-likeness (QED) is 0.383. The van der Waals surface area contributed by atoms with Gasteiger partial charge in [0, 0.05) is 32.0 Å². The predicted octanol–water partition coefficient (Wildman–Crippen LogP) is 0.345. The highest BCUT2D eigenvalue weighted by molar-refractivity contribution is 5.94. The van der Waals surface area contributed by atoms with Crippen LogP contribution in [0.25, 0.3) is 0 Å². The van der Waals surface area contributed by atoms with E-state index < -0.39 is 0 Å². The Bertz CT molecular complexity index is 737. The van der Waals surface area contributed by atoms with Gasteiger partial charge in [0.1, 0.15) is 12.0 Å². The summed E-state index contributed by atoms with van der Waals surface area (Å²) in [6.07, 6.45) is 5.43. The van der Waals surface area contributed by atoms with Crippen LogP contribution in [-0.2, 0) is 4.74 Å². The molecule has 1 fully saturated rings. The molecule has 0 bridgehead atoms. The van der Waals surface area contributed by atoms with Gasteiger partial charge >= 0.3 is 0 Å². The van der Waals surface area contributed by atoms with Crippen molar-refractivity contribution in [1.29, 1.82) is 0 Å². The fraction of sp³-hybridized carbons (Fsp3) is 0.412. The summed E-state index contributed by atoms with van der Waals surface area (Å²) < 4.78 is 5.34. The number of rotatable bonds is 8. The number of pyridine rings is 1. The van der Waals surface area contributed by atoms with E-state index >= 15 is 0 Å². The van der Waals surface area contributed by atoms with Crippen molar-refractivity contribution in [1.82, 2.24) is 25.3 Å². The van der Waals surface area contributed by atoms with Gasteiger partial charge in [-0.3, -0.25) is 25.5 Å². The monoisotopic (exact) mass is 372 g/mol. The van der Waals surface area contributed by atoms with Crippen molar-refractivity contribution in [3.05, 3.63) is 36.4 Å². The number of morpholine rings is 1. The molecule has 0 spiro atoms. The molecule has 1 aliphatic heterocycles. The van der Waals surface area contributed by atoms with E-state index in [1.54, 1.807) is 18.3 Å². The molecule has 0 aromatic carbocycles. The van der Waals surface area contributed by atoms with Gasteiger partial charge in [0.2, 0.25) is 0 Å². The third kappa shape index (κ3) is 5.50. The van der Waals surface area contributed by atoms with Gasteiger partial charge in [-0.15, -0.1) is 0 Å². The Hall–Kier alpha value is -2.98. The molecule has 10 nitrogen and oxygen atoms in total. The molecule has 0 radical (unpaired) electrons. The third-order valence-corrected chi connectivity index (χ3v) is 4.15. The van der Waals surface area contributed by atoms with Crippen LogP contribution >= 0.6 is 0 Å². The standard InChI is InChI=1S/C17H24N8O2/c18-14-15(20-5-2-6-25-7-9-27-10-8-25)21-12-22-16(14)23-24-17(26)13-3-1-4-19-11-13/h1,3-4,11-12H,2,5-10,18H2,(H,24,26)(H2,20,21,22,23). The van der Waals surface area contributed by atoms with Crippen LogP contribution in [0.5, 0.6) is 0 Å². The molecule has 3 heterocycles. The maximum absolute atomic E-state index is 12.0. The van der Waals surface area contributed by atoms with Crippen LogP contribution < -0.4 is 21.9 Å². The van der Waals surface area contributed by atoms with Gasteiger partial charge in [0.05, 0.1) is 18.8 Å². The zero-order valence-electron chi connectivity index (χ0n) is 15.0. The van der Waals surface area contributed by atoms with Crippen molar-refractivity contribution < 1.29 is 9.53 Å². The summed E-state index contributed by atoms with van der Waals surface area (Å²) in [5.74, 6) is 0.532. The number of hydrogen-bond acceptors (Lipinski definition) is 9. The number of amides is 1. The number of nitrogens with zero attached hydrogens (tertiary/aromatic N) is 4. The van der Waals surface area contributed by atoms with Crippen LogP contribution in [0.3, 0.4) is 0 Å². The van der Waals surface area contributed by atoms with Crippen molar-refractivity contribution >= 4 is 23.2 Å². The summed E-state index contributed by atoms with van der Waals surface area (Å²) in [5, 5.41) is 3.22. The average Bonchev–Trinajstić information content (AvgIpc) is 2.72. The molecule has 144 valence electrons. The minimum Gasteiger partial charge on any atom is -0.393 e. The van der Waals surface area contributed by atoms with Gasteiger partial charge in [0.15, 0.2) is 11.6 Å². The molecule has 2 aromatic rings. The van der Waals surface area contributed by atoms with Crippen molar-refractivity contribution in [3.8, 4) is 0 Å². The van der Waals surface area contributed by atoms with E-state index in [1.807, 2.05) is 0 Å².